The molecule has 1 fully saturated rings. The summed E-state index contributed by atoms with van der Waals surface area (Å²) in [5.74, 6) is 2.31. The molecule has 2 nitrogen and oxygen atoms in total. The van der Waals surface area contributed by atoms with Gasteiger partial charge in [0.15, 0.2) is 0 Å². The first-order chi connectivity index (χ1) is 9.15. The van der Waals surface area contributed by atoms with Crippen molar-refractivity contribution in [1.82, 2.24) is 0 Å². The summed E-state index contributed by atoms with van der Waals surface area (Å²) in [6.07, 6.45) is 12.3. The minimum Gasteiger partial charge on any atom is -0.494 e. The molecule has 0 aromatic rings. The first-order valence-corrected chi connectivity index (χ1v) is 7.47. The number of hydrogen-bond acceptors (Lipinski definition) is 2. The Morgan fingerprint density at radius 2 is 2.21 bits per heavy atom. The molecule has 0 heterocycles. The van der Waals surface area contributed by atoms with Crippen molar-refractivity contribution in [1.29, 1.82) is 0 Å². The molecule has 0 aromatic carbocycles. The van der Waals surface area contributed by atoms with Gasteiger partial charge in [0.2, 0.25) is 0 Å². The van der Waals surface area contributed by atoms with Crippen LogP contribution in [0.5, 0.6) is 0 Å². The molecule has 1 atom stereocenters. The van der Waals surface area contributed by atoms with Gasteiger partial charge < -0.3 is 9.84 Å². The molecule has 1 saturated carbocycles. The van der Waals surface area contributed by atoms with E-state index in [4.69, 9.17) is 9.84 Å². The van der Waals surface area contributed by atoms with Gasteiger partial charge in [-0.05, 0) is 42.4 Å². The third kappa shape index (κ3) is 7.89. The van der Waals surface area contributed by atoms with Gasteiger partial charge in [-0.3, -0.25) is 0 Å². The van der Waals surface area contributed by atoms with E-state index < -0.39 is 0 Å². The Bertz CT molecular complexity index is 324. The summed E-state index contributed by atoms with van der Waals surface area (Å²) in [5.41, 5.74) is 0.686. The van der Waals surface area contributed by atoms with Gasteiger partial charge in [-0.15, -0.1) is 0 Å². The van der Waals surface area contributed by atoms with Crippen molar-refractivity contribution in [2.75, 3.05) is 13.2 Å². The van der Waals surface area contributed by atoms with Gasteiger partial charge in [-0.25, -0.2) is 0 Å². The highest BCUT2D eigenvalue weighted by Gasteiger charge is 2.20. The highest BCUT2D eigenvalue weighted by atomic mass is 16.5. The molecular weight excluding hydrogens is 236 g/mol. The fraction of sp³-hybridized carbons (Fsp3) is 0.647. The third-order valence-electron chi connectivity index (χ3n) is 3.50. The molecule has 0 bridgehead atoms. The molecule has 0 aliphatic heterocycles. The maximum absolute atomic E-state index is 9.04. The zero-order valence-corrected chi connectivity index (χ0v) is 12.4. The van der Waals surface area contributed by atoms with Crippen LogP contribution in [0.25, 0.3) is 0 Å². The monoisotopic (exact) mass is 264 g/mol. The first kappa shape index (κ1) is 16.0. The summed E-state index contributed by atoms with van der Waals surface area (Å²) < 4.78 is 5.79. The van der Waals surface area contributed by atoms with Crippen molar-refractivity contribution in [3.63, 3.8) is 0 Å². The van der Waals surface area contributed by atoms with Crippen LogP contribution in [0, 0.1) is 11.8 Å². The predicted molar refractivity (Wildman–Crippen MR) is 80.8 cm³/mol. The van der Waals surface area contributed by atoms with E-state index >= 15 is 0 Å². The lowest BCUT2D eigenvalue weighted by molar-refractivity contribution is 0.215. The van der Waals surface area contributed by atoms with Gasteiger partial charge in [-0.1, -0.05) is 45.8 Å². The second-order valence-corrected chi connectivity index (χ2v) is 5.54. The van der Waals surface area contributed by atoms with Gasteiger partial charge >= 0.3 is 0 Å². The van der Waals surface area contributed by atoms with Crippen LogP contribution >= 0.6 is 0 Å². The van der Waals surface area contributed by atoms with E-state index in [0.29, 0.717) is 11.5 Å². The Morgan fingerprint density at radius 3 is 2.79 bits per heavy atom. The van der Waals surface area contributed by atoms with Crippen LogP contribution in [0.15, 0.2) is 36.1 Å². The number of ether oxygens (including phenoxy) is 1. The lowest BCUT2D eigenvalue weighted by Gasteiger charge is -2.08. The van der Waals surface area contributed by atoms with Gasteiger partial charge in [0.1, 0.15) is 5.76 Å². The lowest BCUT2D eigenvalue weighted by atomic mass is 10.1. The van der Waals surface area contributed by atoms with Gasteiger partial charge in [0.25, 0.3) is 0 Å². The molecule has 0 radical (unpaired) electrons. The zero-order chi connectivity index (χ0) is 14.1. The molecule has 1 rings (SSSR count). The predicted octanol–water partition coefficient (Wildman–Crippen LogP) is 4.23. The molecule has 19 heavy (non-hydrogen) atoms. The van der Waals surface area contributed by atoms with E-state index in [1.54, 1.807) is 0 Å². The number of hydrogen-bond donors (Lipinski definition) is 1. The SMILES string of the molecule is C=C(/C=C(\C=C/C(C)CC)OCCCC1CC1)CO. The molecule has 0 spiro atoms. The van der Waals surface area contributed by atoms with Crippen molar-refractivity contribution >= 4 is 0 Å². The Kier molecular flexibility index (Phi) is 7.57. The van der Waals surface area contributed by atoms with Crippen LogP contribution in [0.1, 0.15) is 46.0 Å². The fourth-order valence-corrected chi connectivity index (χ4v) is 1.75. The van der Waals surface area contributed by atoms with E-state index in [1.807, 2.05) is 12.2 Å². The van der Waals surface area contributed by atoms with Crippen molar-refractivity contribution in [2.24, 2.45) is 11.8 Å². The largest absolute Gasteiger partial charge is 0.494 e. The molecule has 1 unspecified atom stereocenters. The summed E-state index contributed by atoms with van der Waals surface area (Å²) in [6, 6.07) is 0. The highest BCUT2D eigenvalue weighted by Crippen LogP contribution is 2.33. The standard InChI is InChI=1S/C17H28O2/c1-4-14(2)7-10-17(12-15(3)13-18)19-11-5-6-16-8-9-16/h7,10,12,14,16,18H,3-6,8-9,11,13H2,1-2H3/b10-7-,17-12+. The maximum Gasteiger partial charge on any atom is 0.119 e. The smallest absolute Gasteiger partial charge is 0.119 e. The quantitative estimate of drug-likeness (QED) is 0.363. The number of aliphatic hydroxyl groups excluding tert-OH is 1. The third-order valence-corrected chi connectivity index (χ3v) is 3.50. The molecule has 0 aromatic heterocycles. The minimum absolute atomic E-state index is 0.0217. The van der Waals surface area contributed by atoms with Crippen molar-refractivity contribution in [3.8, 4) is 0 Å². The van der Waals surface area contributed by atoms with Crippen LogP contribution in [0.4, 0.5) is 0 Å². The van der Waals surface area contributed by atoms with Crippen molar-refractivity contribution < 1.29 is 9.84 Å². The van der Waals surface area contributed by atoms with Crippen LogP contribution in [0.2, 0.25) is 0 Å². The summed E-state index contributed by atoms with van der Waals surface area (Å²) in [6.45, 7) is 8.87. The van der Waals surface area contributed by atoms with Gasteiger partial charge in [0.05, 0.1) is 13.2 Å². The number of aliphatic hydroxyl groups is 1. The second-order valence-electron chi connectivity index (χ2n) is 5.54. The number of allylic oxidation sites excluding steroid dienone is 2. The van der Waals surface area contributed by atoms with E-state index in [9.17, 15) is 0 Å². The Balaban J connectivity index is 2.40. The van der Waals surface area contributed by atoms with Crippen LogP contribution in [0.3, 0.4) is 0 Å². The molecule has 0 saturated heterocycles. The van der Waals surface area contributed by atoms with Crippen LogP contribution in [-0.2, 0) is 4.74 Å². The normalized spacial score (nSPS) is 17.7. The molecule has 108 valence electrons. The van der Waals surface area contributed by atoms with E-state index in [2.05, 4.69) is 26.5 Å². The molecule has 0 amide bonds. The van der Waals surface area contributed by atoms with Gasteiger partial charge in [0, 0.05) is 0 Å². The van der Waals surface area contributed by atoms with E-state index in [1.165, 1.54) is 19.3 Å². The van der Waals surface area contributed by atoms with Crippen LogP contribution < -0.4 is 0 Å². The molecule has 1 aliphatic rings. The maximum atomic E-state index is 9.04. The Hall–Kier alpha value is -1.02. The summed E-state index contributed by atoms with van der Waals surface area (Å²) in [7, 11) is 0. The Labute approximate surface area is 117 Å². The topological polar surface area (TPSA) is 29.5 Å². The first-order valence-electron chi connectivity index (χ1n) is 7.47. The van der Waals surface area contributed by atoms with Crippen molar-refractivity contribution in [2.45, 2.75) is 46.0 Å². The molecular formula is C17H28O2. The molecule has 1 aliphatic carbocycles. The van der Waals surface area contributed by atoms with Gasteiger partial charge in [-0.2, -0.15) is 0 Å². The van der Waals surface area contributed by atoms with E-state index in [-0.39, 0.29) is 6.61 Å². The minimum atomic E-state index is -0.0217. The molecule has 1 N–H and O–H groups in total. The van der Waals surface area contributed by atoms with E-state index in [0.717, 1.165) is 31.1 Å². The fourth-order valence-electron chi connectivity index (χ4n) is 1.75. The average molecular weight is 264 g/mol. The number of rotatable bonds is 10. The summed E-state index contributed by atoms with van der Waals surface area (Å²) >= 11 is 0. The lowest BCUT2D eigenvalue weighted by Crippen LogP contribution is -1.97. The Morgan fingerprint density at radius 1 is 1.47 bits per heavy atom. The van der Waals surface area contributed by atoms with Crippen molar-refractivity contribution in [3.05, 3.63) is 36.1 Å². The summed E-state index contributed by atoms with van der Waals surface area (Å²) in [5, 5.41) is 9.04. The zero-order valence-electron chi connectivity index (χ0n) is 12.4. The van der Waals surface area contributed by atoms with Crippen LogP contribution in [-0.4, -0.2) is 18.3 Å². The second kappa shape index (κ2) is 8.98. The highest BCUT2D eigenvalue weighted by molar-refractivity contribution is 5.24. The average Bonchev–Trinajstić information content (AvgIpc) is 3.23. The molecule has 2 heteroatoms. The summed E-state index contributed by atoms with van der Waals surface area (Å²) in [4.78, 5) is 0.